The average molecular weight is 236 g/mol. The van der Waals surface area contributed by atoms with Crippen LogP contribution in [0.3, 0.4) is 0 Å². The van der Waals surface area contributed by atoms with Gasteiger partial charge in [-0.3, -0.25) is 0 Å². The van der Waals surface area contributed by atoms with E-state index in [1.165, 1.54) is 25.0 Å². The number of carboxylic acid groups (broad SMARTS) is 2. The summed E-state index contributed by atoms with van der Waals surface area (Å²) in [7, 11) is 0. The Labute approximate surface area is 99.9 Å². The lowest BCUT2D eigenvalue weighted by molar-refractivity contribution is 0.0696. The first kappa shape index (κ1) is 13.2. The van der Waals surface area contributed by atoms with Gasteiger partial charge in [-0.1, -0.05) is 19.8 Å². The number of aryl methyl sites for hydroxylation is 1. The zero-order chi connectivity index (χ0) is 13.0. The second kappa shape index (κ2) is 5.48. The summed E-state index contributed by atoms with van der Waals surface area (Å²) in [5.74, 6) is -1.16. The fraction of sp³-hybridized carbons (Fsp3) is 0.385. The van der Waals surface area contributed by atoms with Crippen molar-refractivity contribution < 1.29 is 19.8 Å². The fourth-order valence-corrected chi connectivity index (χ4v) is 1.20. The minimum Gasteiger partial charge on any atom is -0.478 e. The van der Waals surface area contributed by atoms with Crippen molar-refractivity contribution >= 4 is 11.9 Å². The number of benzene rings is 1. The molecule has 1 saturated carbocycles. The van der Waals surface area contributed by atoms with E-state index in [0.717, 1.165) is 12.0 Å². The van der Waals surface area contributed by atoms with Crippen molar-refractivity contribution in [2.75, 3.05) is 0 Å². The van der Waals surface area contributed by atoms with E-state index in [-0.39, 0.29) is 11.1 Å². The Hall–Kier alpha value is -1.84. The molecule has 1 aromatic rings. The van der Waals surface area contributed by atoms with Crippen molar-refractivity contribution in [1.82, 2.24) is 0 Å². The largest absolute Gasteiger partial charge is 0.478 e. The van der Waals surface area contributed by atoms with Crippen LogP contribution in [0.15, 0.2) is 18.2 Å². The van der Waals surface area contributed by atoms with Crippen LogP contribution in [0.5, 0.6) is 0 Å². The van der Waals surface area contributed by atoms with Gasteiger partial charge >= 0.3 is 11.9 Å². The normalized spacial score (nSPS) is 13.5. The SMILES string of the molecule is CC1CC1.Cc1cc(C(=O)O)cc(C(=O)O)c1. The first-order valence-electron chi connectivity index (χ1n) is 5.48. The molecule has 2 N–H and O–H groups in total. The lowest BCUT2D eigenvalue weighted by Gasteiger charge is -1.99. The van der Waals surface area contributed by atoms with Crippen LogP contribution in [0.4, 0.5) is 0 Å². The van der Waals surface area contributed by atoms with E-state index in [1.807, 2.05) is 0 Å². The Morgan fingerprint density at radius 3 is 1.65 bits per heavy atom. The Bertz CT molecular complexity index is 401. The number of hydrogen-bond acceptors (Lipinski definition) is 2. The minimum absolute atomic E-state index is 0.00241. The summed E-state index contributed by atoms with van der Waals surface area (Å²) in [5, 5.41) is 17.2. The van der Waals surface area contributed by atoms with Gasteiger partial charge in [0.25, 0.3) is 0 Å². The van der Waals surface area contributed by atoms with Crippen LogP contribution < -0.4 is 0 Å². The number of hydrogen-bond donors (Lipinski definition) is 2. The van der Waals surface area contributed by atoms with E-state index in [4.69, 9.17) is 10.2 Å². The van der Waals surface area contributed by atoms with Crippen LogP contribution in [0.25, 0.3) is 0 Å². The highest BCUT2D eigenvalue weighted by molar-refractivity contribution is 5.94. The van der Waals surface area contributed by atoms with Gasteiger partial charge in [0.2, 0.25) is 0 Å². The third-order valence-corrected chi connectivity index (χ3v) is 2.44. The van der Waals surface area contributed by atoms with Crippen LogP contribution >= 0.6 is 0 Å². The zero-order valence-electron chi connectivity index (χ0n) is 9.93. The standard InChI is InChI=1S/C9H8O4.C4H8/c1-5-2-6(8(10)11)4-7(3-5)9(12)13;1-4-2-3-4/h2-4H,1H3,(H,10,11)(H,12,13);4H,2-3H2,1H3. The molecule has 2 rings (SSSR count). The number of rotatable bonds is 2. The number of carbonyl (C=O) groups is 2. The predicted molar refractivity (Wildman–Crippen MR) is 63.5 cm³/mol. The molecule has 0 aromatic heterocycles. The second-order valence-electron chi connectivity index (χ2n) is 4.38. The van der Waals surface area contributed by atoms with Crippen molar-refractivity contribution in [2.24, 2.45) is 5.92 Å². The molecule has 4 nitrogen and oxygen atoms in total. The molecule has 0 spiro atoms. The van der Waals surface area contributed by atoms with Gasteiger partial charge in [-0.25, -0.2) is 9.59 Å². The topological polar surface area (TPSA) is 74.6 Å². The molecule has 0 unspecified atom stereocenters. The van der Waals surface area contributed by atoms with Gasteiger partial charge in [0.05, 0.1) is 11.1 Å². The van der Waals surface area contributed by atoms with E-state index in [2.05, 4.69) is 6.92 Å². The average Bonchev–Trinajstić information content (AvgIpc) is 3.00. The molecule has 92 valence electrons. The van der Waals surface area contributed by atoms with Crippen molar-refractivity contribution in [3.05, 3.63) is 34.9 Å². The van der Waals surface area contributed by atoms with Gasteiger partial charge in [-0.2, -0.15) is 0 Å². The predicted octanol–water partition coefficient (Wildman–Crippen LogP) is 2.81. The minimum atomic E-state index is -1.12. The molecule has 0 radical (unpaired) electrons. The van der Waals surface area contributed by atoms with Crippen LogP contribution in [0.1, 0.15) is 46.0 Å². The fourth-order valence-electron chi connectivity index (χ4n) is 1.20. The molecule has 1 fully saturated rings. The van der Waals surface area contributed by atoms with E-state index in [1.54, 1.807) is 6.92 Å². The molecule has 17 heavy (non-hydrogen) atoms. The summed E-state index contributed by atoms with van der Waals surface area (Å²) in [6.45, 7) is 3.93. The molecular formula is C13H16O4. The summed E-state index contributed by atoms with van der Waals surface area (Å²) in [6.07, 6.45) is 2.97. The maximum atomic E-state index is 10.5. The van der Waals surface area contributed by atoms with Gasteiger partial charge < -0.3 is 10.2 Å². The third kappa shape index (κ3) is 4.68. The Morgan fingerprint density at radius 1 is 1.06 bits per heavy atom. The summed E-state index contributed by atoms with van der Waals surface area (Å²) in [5.41, 5.74) is 0.618. The summed E-state index contributed by atoms with van der Waals surface area (Å²) in [4.78, 5) is 21.1. The van der Waals surface area contributed by atoms with Gasteiger partial charge in [0.15, 0.2) is 0 Å². The quantitative estimate of drug-likeness (QED) is 0.828. The molecule has 0 amide bonds. The summed E-state index contributed by atoms with van der Waals surface area (Å²) in [6, 6.07) is 3.99. The highest BCUT2D eigenvalue weighted by Crippen LogP contribution is 2.26. The monoisotopic (exact) mass is 236 g/mol. The van der Waals surface area contributed by atoms with Crippen molar-refractivity contribution in [3.8, 4) is 0 Å². The van der Waals surface area contributed by atoms with Crippen LogP contribution in [-0.2, 0) is 0 Å². The van der Waals surface area contributed by atoms with Gasteiger partial charge in [0, 0.05) is 0 Å². The van der Waals surface area contributed by atoms with Crippen molar-refractivity contribution in [3.63, 3.8) is 0 Å². The maximum absolute atomic E-state index is 10.5. The Balaban J connectivity index is 0.000000302. The lowest BCUT2D eigenvalue weighted by atomic mass is 10.1. The molecule has 1 aromatic carbocycles. The van der Waals surface area contributed by atoms with E-state index < -0.39 is 11.9 Å². The highest BCUT2D eigenvalue weighted by atomic mass is 16.4. The molecule has 0 heterocycles. The molecule has 4 heteroatoms. The zero-order valence-corrected chi connectivity index (χ0v) is 9.93. The Kier molecular flexibility index (Phi) is 4.26. The summed E-state index contributed by atoms with van der Waals surface area (Å²) < 4.78 is 0. The lowest BCUT2D eigenvalue weighted by Crippen LogP contribution is -2.02. The van der Waals surface area contributed by atoms with Gasteiger partial charge in [-0.15, -0.1) is 0 Å². The molecule has 0 saturated heterocycles. The maximum Gasteiger partial charge on any atom is 0.335 e. The van der Waals surface area contributed by atoms with E-state index >= 15 is 0 Å². The molecule has 0 aliphatic heterocycles. The van der Waals surface area contributed by atoms with Crippen LogP contribution in [0.2, 0.25) is 0 Å². The van der Waals surface area contributed by atoms with Crippen molar-refractivity contribution in [2.45, 2.75) is 26.7 Å². The van der Waals surface area contributed by atoms with E-state index in [0.29, 0.717) is 5.56 Å². The molecule has 1 aliphatic carbocycles. The van der Waals surface area contributed by atoms with Crippen molar-refractivity contribution in [1.29, 1.82) is 0 Å². The third-order valence-electron chi connectivity index (χ3n) is 2.44. The van der Waals surface area contributed by atoms with Gasteiger partial charge in [0.1, 0.15) is 0 Å². The smallest absolute Gasteiger partial charge is 0.335 e. The van der Waals surface area contributed by atoms with Crippen LogP contribution in [-0.4, -0.2) is 22.2 Å². The van der Waals surface area contributed by atoms with E-state index in [9.17, 15) is 9.59 Å². The number of carboxylic acids is 2. The number of aromatic carboxylic acids is 2. The summed E-state index contributed by atoms with van der Waals surface area (Å²) >= 11 is 0. The molecule has 0 atom stereocenters. The van der Waals surface area contributed by atoms with Crippen LogP contribution in [0, 0.1) is 12.8 Å². The second-order valence-corrected chi connectivity index (χ2v) is 4.38. The highest BCUT2D eigenvalue weighted by Gasteiger charge is 2.12. The first-order valence-corrected chi connectivity index (χ1v) is 5.48. The molecular weight excluding hydrogens is 220 g/mol. The molecule has 1 aliphatic rings. The Morgan fingerprint density at radius 2 is 1.41 bits per heavy atom. The first-order chi connectivity index (χ1) is 7.90. The van der Waals surface area contributed by atoms with Gasteiger partial charge in [-0.05, 0) is 36.6 Å². The molecule has 0 bridgehead atoms.